The molecule has 0 atom stereocenters. The minimum atomic E-state index is 0.193. The van der Waals surface area contributed by atoms with Crippen LogP contribution >= 0.6 is 11.8 Å². The van der Waals surface area contributed by atoms with Crippen molar-refractivity contribution in [2.24, 2.45) is 5.92 Å². The molecule has 1 N–H and O–H groups in total. The van der Waals surface area contributed by atoms with Crippen molar-refractivity contribution in [3.8, 4) is 0 Å². The highest BCUT2D eigenvalue weighted by atomic mass is 32.2. The van der Waals surface area contributed by atoms with Crippen LogP contribution in [0.3, 0.4) is 0 Å². The van der Waals surface area contributed by atoms with Gasteiger partial charge in [0, 0.05) is 31.0 Å². The Morgan fingerprint density at radius 3 is 2.70 bits per heavy atom. The molecule has 1 amide bonds. The molecule has 1 saturated heterocycles. The van der Waals surface area contributed by atoms with Crippen molar-refractivity contribution < 1.29 is 14.4 Å². The normalized spacial score (nSPS) is 16.6. The lowest BCUT2D eigenvalue weighted by Crippen LogP contribution is -2.40. The summed E-state index contributed by atoms with van der Waals surface area (Å²) < 4.78 is 5.11. The van der Waals surface area contributed by atoms with Gasteiger partial charge in [-0.2, -0.15) is 0 Å². The van der Waals surface area contributed by atoms with Gasteiger partial charge < -0.3 is 14.5 Å². The van der Waals surface area contributed by atoms with E-state index in [4.69, 9.17) is 9.63 Å². The van der Waals surface area contributed by atoms with Gasteiger partial charge in [0.1, 0.15) is 5.76 Å². The zero-order valence-corrected chi connectivity index (χ0v) is 12.9. The third-order valence-corrected chi connectivity index (χ3v) is 4.82. The number of thioether (sulfide) groups is 1. The van der Waals surface area contributed by atoms with Crippen molar-refractivity contribution in [2.75, 3.05) is 25.4 Å². The van der Waals surface area contributed by atoms with Crippen molar-refractivity contribution in [2.45, 2.75) is 32.4 Å². The first-order chi connectivity index (χ1) is 9.61. The Balaban J connectivity index is 1.73. The summed E-state index contributed by atoms with van der Waals surface area (Å²) in [6.07, 6.45) is 1.83. The molecule has 1 fully saturated rings. The SMILES string of the molecule is Cc1noc(C)c1CSCC(=O)N1CCC(CO)CC1. The van der Waals surface area contributed by atoms with Crippen LogP contribution in [0.1, 0.15) is 29.9 Å². The molecule has 112 valence electrons. The summed E-state index contributed by atoms with van der Waals surface area (Å²) in [5, 5.41) is 13.0. The molecule has 1 aliphatic rings. The molecule has 0 saturated carbocycles. The van der Waals surface area contributed by atoms with E-state index in [1.54, 1.807) is 11.8 Å². The summed E-state index contributed by atoms with van der Waals surface area (Å²) in [5.74, 6) is 2.66. The Labute approximate surface area is 123 Å². The highest BCUT2D eigenvalue weighted by Gasteiger charge is 2.22. The van der Waals surface area contributed by atoms with Gasteiger partial charge in [0.2, 0.25) is 5.91 Å². The number of likely N-dealkylation sites (tertiary alicyclic amines) is 1. The van der Waals surface area contributed by atoms with E-state index >= 15 is 0 Å². The molecule has 0 spiro atoms. The largest absolute Gasteiger partial charge is 0.396 e. The number of nitrogens with zero attached hydrogens (tertiary/aromatic N) is 2. The summed E-state index contributed by atoms with van der Waals surface area (Å²) in [6, 6.07) is 0. The van der Waals surface area contributed by atoms with Gasteiger partial charge in [-0.15, -0.1) is 11.8 Å². The predicted molar refractivity (Wildman–Crippen MR) is 78.5 cm³/mol. The Morgan fingerprint density at radius 1 is 1.45 bits per heavy atom. The fourth-order valence-electron chi connectivity index (χ4n) is 2.40. The Hall–Kier alpha value is -1.01. The first kappa shape index (κ1) is 15.4. The average Bonchev–Trinajstić information content (AvgIpc) is 2.79. The monoisotopic (exact) mass is 298 g/mol. The minimum Gasteiger partial charge on any atom is -0.396 e. The maximum atomic E-state index is 12.1. The van der Waals surface area contributed by atoms with Gasteiger partial charge in [-0.1, -0.05) is 5.16 Å². The van der Waals surface area contributed by atoms with Crippen LogP contribution in [0.25, 0.3) is 0 Å². The standard InChI is InChI=1S/C14H22N2O3S/c1-10-13(11(2)19-15-10)8-20-9-14(18)16-5-3-12(7-17)4-6-16/h12,17H,3-9H2,1-2H3. The van der Waals surface area contributed by atoms with Crippen molar-refractivity contribution >= 4 is 17.7 Å². The highest BCUT2D eigenvalue weighted by Crippen LogP contribution is 2.21. The summed E-state index contributed by atoms with van der Waals surface area (Å²) in [6.45, 7) is 5.61. The van der Waals surface area contributed by atoms with Crippen LogP contribution in [-0.4, -0.2) is 46.5 Å². The molecule has 0 aromatic carbocycles. The van der Waals surface area contributed by atoms with E-state index in [0.29, 0.717) is 11.7 Å². The number of hydrogen-bond donors (Lipinski definition) is 1. The number of carbonyl (C=O) groups excluding carboxylic acids is 1. The number of aliphatic hydroxyl groups excluding tert-OH is 1. The van der Waals surface area contributed by atoms with E-state index in [2.05, 4.69) is 5.16 Å². The lowest BCUT2D eigenvalue weighted by molar-refractivity contribution is -0.129. The van der Waals surface area contributed by atoms with Crippen LogP contribution in [0.15, 0.2) is 4.52 Å². The van der Waals surface area contributed by atoms with Gasteiger partial charge in [-0.3, -0.25) is 4.79 Å². The Morgan fingerprint density at radius 2 is 2.15 bits per heavy atom. The number of aromatic nitrogens is 1. The molecule has 0 aliphatic carbocycles. The maximum absolute atomic E-state index is 12.1. The van der Waals surface area contributed by atoms with E-state index in [1.807, 2.05) is 18.7 Å². The summed E-state index contributed by atoms with van der Waals surface area (Å²) in [4.78, 5) is 14.0. The topological polar surface area (TPSA) is 66.6 Å². The molecular weight excluding hydrogens is 276 g/mol. The number of piperidine rings is 1. The minimum absolute atomic E-state index is 0.193. The van der Waals surface area contributed by atoms with Gasteiger partial charge in [0.25, 0.3) is 0 Å². The van der Waals surface area contributed by atoms with Gasteiger partial charge in [0.05, 0.1) is 11.4 Å². The fraction of sp³-hybridized carbons (Fsp3) is 0.714. The number of rotatable bonds is 5. The number of amides is 1. The van der Waals surface area contributed by atoms with Gasteiger partial charge in [-0.25, -0.2) is 0 Å². The molecule has 0 bridgehead atoms. The molecular formula is C14H22N2O3S. The van der Waals surface area contributed by atoms with Crippen molar-refractivity contribution in [1.29, 1.82) is 0 Å². The van der Waals surface area contributed by atoms with E-state index in [1.165, 1.54) is 0 Å². The maximum Gasteiger partial charge on any atom is 0.232 e. The zero-order valence-electron chi connectivity index (χ0n) is 12.1. The fourth-order valence-corrected chi connectivity index (χ4v) is 3.48. The second-order valence-electron chi connectivity index (χ2n) is 5.30. The average molecular weight is 298 g/mol. The lowest BCUT2D eigenvalue weighted by Gasteiger charge is -2.31. The van der Waals surface area contributed by atoms with E-state index in [0.717, 1.165) is 48.7 Å². The van der Waals surface area contributed by atoms with Gasteiger partial charge in [0.15, 0.2) is 0 Å². The molecule has 20 heavy (non-hydrogen) atoms. The number of aliphatic hydroxyl groups is 1. The van der Waals surface area contributed by atoms with Crippen LogP contribution < -0.4 is 0 Å². The second-order valence-corrected chi connectivity index (χ2v) is 6.29. The van der Waals surface area contributed by atoms with Crippen molar-refractivity contribution in [3.63, 3.8) is 0 Å². The van der Waals surface area contributed by atoms with E-state index in [9.17, 15) is 4.79 Å². The molecule has 6 heteroatoms. The van der Waals surface area contributed by atoms with Gasteiger partial charge >= 0.3 is 0 Å². The van der Waals surface area contributed by atoms with Crippen LogP contribution in [0, 0.1) is 19.8 Å². The van der Waals surface area contributed by atoms with Crippen LogP contribution in [-0.2, 0) is 10.5 Å². The first-order valence-electron chi connectivity index (χ1n) is 7.00. The summed E-state index contributed by atoms with van der Waals surface area (Å²) in [5.41, 5.74) is 2.01. The van der Waals surface area contributed by atoms with E-state index < -0.39 is 0 Å². The quantitative estimate of drug-likeness (QED) is 0.897. The number of aryl methyl sites for hydroxylation is 2. The van der Waals surface area contributed by atoms with Crippen LogP contribution in [0.5, 0.6) is 0 Å². The molecule has 1 aliphatic heterocycles. The first-order valence-corrected chi connectivity index (χ1v) is 8.15. The molecule has 0 radical (unpaired) electrons. The van der Waals surface area contributed by atoms with Crippen molar-refractivity contribution in [1.82, 2.24) is 10.1 Å². The Bertz CT molecular complexity index is 434. The highest BCUT2D eigenvalue weighted by molar-refractivity contribution is 7.99. The smallest absolute Gasteiger partial charge is 0.232 e. The molecule has 0 unspecified atom stereocenters. The van der Waals surface area contributed by atoms with Crippen LogP contribution in [0.4, 0.5) is 0 Å². The molecule has 5 nitrogen and oxygen atoms in total. The van der Waals surface area contributed by atoms with Gasteiger partial charge in [-0.05, 0) is 32.6 Å². The lowest BCUT2D eigenvalue weighted by atomic mass is 9.98. The third kappa shape index (κ3) is 3.76. The molecule has 1 aromatic rings. The summed E-state index contributed by atoms with van der Waals surface area (Å²) in [7, 11) is 0. The number of hydrogen-bond acceptors (Lipinski definition) is 5. The second kappa shape index (κ2) is 7.13. The third-order valence-electron chi connectivity index (χ3n) is 3.88. The van der Waals surface area contributed by atoms with Crippen molar-refractivity contribution in [3.05, 3.63) is 17.0 Å². The number of carbonyl (C=O) groups is 1. The molecule has 2 heterocycles. The zero-order chi connectivity index (χ0) is 14.5. The molecule has 1 aromatic heterocycles. The summed E-state index contributed by atoms with van der Waals surface area (Å²) >= 11 is 1.61. The van der Waals surface area contributed by atoms with E-state index in [-0.39, 0.29) is 12.5 Å². The van der Waals surface area contributed by atoms with Crippen LogP contribution in [0.2, 0.25) is 0 Å². The Kier molecular flexibility index (Phi) is 5.48. The predicted octanol–water partition coefficient (Wildman–Crippen LogP) is 1.76. The molecule has 2 rings (SSSR count).